The van der Waals surface area contributed by atoms with Crippen molar-refractivity contribution in [3.63, 3.8) is 0 Å². The van der Waals surface area contributed by atoms with Crippen LogP contribution in [0.5, 0.6) is 0 Å². The van der Waals surface area contributed by atoms with Crippen molar-refractivity contribution in [3.05, 3.63) is 35.9 Å². The van der Waals surface area contributed by atoms with Crippen molar-refractivity contribution in [2.45, 2.75) is 50.0 Å². The molecule has 0 bridgehead atoms. The molecule has 4 atom stereocenters. The van der Waals surface area contributed by atoms with E-state index in [2.05, 4.69) is 22.8 Å². The van der Waals surface area contributed by atoms with E-state index in [1.165, 1.54) is 5.56 Å². The molecule has 0 aliphatic carbocycles. The van der Waals surface area contributed by atoms with Gasteiger partial charge in [0.05, 0.1) is 37.9 Å². The van der Waals surface area contributed by atoms with Gasteiger partial charge >= 0.3 is 0 Å². The summed E-state index contributed by atoms with van der Waals surface area (Å²) >= 11 is 0. The summed E-state index contributed by atoms with van der Waals surface area (Å²) < 4.78 is 11.6. The van der Waals surface area contributed by atoms with Crippen LogP contribution in [0, 0.1) is 0 Å². The second-order valence-corrected chi connectivity index (χ2v) is 6.87. The Labute approximate surface area is 148 Å². The van der Waals surface area contributed by atoms with Gasteiger partial charge in [0.2, 0.25) is 5.91 Å². The number of rotatable bonds is 5. The van der Waals surface area contributed by atoms with Crippen molar-refractivity contribution in [1.29, 1.82) is 0 Å². The van der Waals surface area contributed by atoms with Crippen LogP contribution >= 0.6 is 0 Å². The molecule has 2 aliphatic heterocycles. The monoisotopic (exact) mass is 348 g/mol. The molecule has 25 heavy (non-hydrogen) atoms. The maximum absolute atomic E-state index is 12.2. The van der Waals surface area contributed by atoms with E-state index in [0.29, 0.717) is 32.7 Å². The van der Waals surface area contributed by atoms with Gasteiger partial charge in [0.15, 0.2) is 0 Å². The van der Waals surface area contributed by atoms with Crippen LogP contribution in [0.3, 0.4) is 0 Å². The van der Waals surface area contributed by atoms with E-state index in [4.69, 9.17) is 9.47 Å². The molecule has 2 saturated heterocycles. The second kappa shape index (κ2) is 9.29. The summed E-state index contributed by atoms with van der Waals surface area (Å²) in [4.78, 5) is 12.2. The normalized spacial score (nSPS) is 30.0. The number of amides is 1. The average molecular weight is 348 g/mol. The van der Waals surface area contributed by atoms with Crippen molar-refractivity contribution in [1.82, 2.24) is 10.6 Å². The molecule has 138 valence electrons. The summed E-state index contributed by atoms with van der Waals surface area (Å²) in [6.07, 6.45) is 2.42. The van der Waals surface area contributed by atoms with Gasteiger partial charge in [-0.3, -0.25) is 4.79 Å². The Morgan fingerprint density at radius 2 is 2.08 bits per heavy atom. The number of carbonyl (C=O) groups excluding carboxylic acids is 1. The predicted molar refractivity (Wildman–Crippen MR) is 94.3 cm³/mol. The average Bonchev–Trinajstić information content (AvgIpc) is 2.60. The van der Waals surface area contributed by atoms with Crippen LogP contribution in [0.25, 0.3) is 0 Å². The van der Waals surface area contributed by atoms with E-state index in [1.54, 1.807) is 0 Å². The molecule has 2 aliphatic rings. The van der Waals surface area contributed by atoms with E-state index < -0.39 is 6.10 Å². The first-order chi connectivity index (χ1) is 12.2. The predicted octanol–water partition coefficient (Wildman–Crippen LogP) is 0.632. The van der Waals surface area contributed by atoms with Crippen LogP contribution in [0.4, 0.5) is 0 Å². The number of aliphatic hydroxyl groups is 1. The molecule has 2 fully saturated rings. The summed E-state index contributed by atoms with van der Waals surface area (Å²) in [5, 5.41) is 16.0. The maximum Gasteiger partial charge on any atom is 0.222 e. The molecule has 0 radical (unpaired) electrons. The Morgan fingerprint density at radius 3 is 2.92 bits per heavy atom. The van der Waals surface area contributed by atoms with E-state index >= 15 is 0 Å². The van der Waals surface area contributed by atoms with Crippen LogP contribution in [0.1, 0.15) is 24.8 Å². The number of β-amino-alcohol motifs (C(OH)–C–C–N with tert-alkyl or cyclic N) is 1. The summed E-state index contributed by atoms with van der Waals surface area (Å²) in [5.41, 5.74) is 1.22. The highest BCUT2D eigenvalue weighted by Gasteiger charge is 2.33. The summed E-state index contributed by atoms with van der Waals surface area (Å²) in [6.45, 7) is 1.95. The first-order valence-corrected chi connectivity index (χ1v) is 9.16. The van der Waals surface area contributed by atoms with Crippen molar-refractivity contribution < 1.29 is 19.4 Å². The van der Waals surface area contributed by atoms with E-state index in [9.17, 15) is 9.90 Å². The number of aliphatic hydroxyl groups excluding tert-OH is 1. The minimum atomic E-state index is -0.464. The van der Waals surface area contributed by atoms with Gasteiger partial charge in [-0.25, -0.2) is 0 Å². The van der Waals surface area contributed by atoms with Gasteiger partial charge in [0, 0.05) is 19.1 Å². The van der Waals surface area contributed by atoms with Gasteiger partial charge < -0.3 is 25.2 Å². The topological polar surface area (TPSA) is 79.8 Å². The Hall–Kier alpha value is -1.47. The molecule has 6 nitrogen and oxygen atoms in total. The third kappa shape index (κ3) is 5.78. The zero-order chi connectivity index (χ0) is 17.5. The van der Waals surface area contributed by atoms with Crippen molar-refractivity contribution in [2.24, 2.45) is 0 Å². The van der Waals surface area contributed by atoms with Crippen molar-refractivity contribution in [3.8, 4) is 0 Å². The smallest absolute Gasteiger partial charge is 0.222 e. The highest BCUT2D eigenvalue weighted by atomic mass is 16.5. The molecule has 1 amide bonds. The Morgan fingerprint density at radius 1 is 1.24 bits per heavy atom. The summed E-state index contributed by atoms with van der Waals surface area (Å²) in [6, 6.07) is 10.3. The summed E-state index contributed by atoms with van der Waals surface area (Å²) in [5.74, 6) is 0.0366. The molecule has 6 heteroatoms. The van der Waals surface area contributed by atoms with Crippen LogP contribution in [-0.4, -0.2) is 61.7 Å². The number of benzene rings is 1. The molecule has 0 unspecified atom stereocenters. The van der Waals surface area contributed by atoms with Crippen molar-refractivity contribution >= 4 is 5.91 Å². The standard InChI is InChI=1S/C19H28N2O4/c22-15-11-21-17-7-6-16(25-18(17)13-24-12-15)10-19(23)20-9-8-14-4-2-1-3-5-14/h1-5,15-18,21-22H,6-13H2,(H,20,23)/t15-,16-,17-,18+/m0/s1. The number of hydrogen-bond donors (Lipinski definition) is 3. The van der Waals surface area contributed by atoms with Crippen LogP contribution in [-0.2, 0) is 20.7 Å². The van der Waals surface area contributed by atoms with Gasteiger partial charge in [0.25, 0.3) is 0 Å². The van der Waals surface area contributed by atoms with Gasteiger partial charge in [-0.2, -0.15) is 0 Å². The number of carbonyl (C=O) groups is 1. The molecule has 3 N–H and O–H groups in total. The zero-order valence-electron chi connectivity index (χ0n) is 14.5. The molecule has 0 saturated carbocycles. The molecule has 1 aromatic carbocycles. The van der Waals surface area contributed by atoms with Crippen LogP contribution < -0.4 is 10.6 Å². The third-order valence-corrected chi connectivity index (χ3v) is 4.82. The minimum Gasteiger partial charge on any atom is -0.389 e. The van der Waals surface area contributed by atoms with Gasteiger partial charge in [-0.05, 0) is 24.8 Å². The lowest BCUT2D eigenvalue weighted by Crippen LogP contribution is -2.53. The molecular weight excluding hydrogens is 320 g/mol. The maximum atomic E-state index is 12.2. The van der Waals surface area contributed by atoms with E-state index in [-0.39, 0.29) is 24.2 Å². The molecule has 0 spiro atoms. The van der Waals surface area contributed by atoms with Gasteiger partial charge in [-0.1, -0.05) is 30.3 Å². The fourth-order valence-electron chi connectivity index (χ4n) is 3.44. The molecule has 3 rings (SSSR count). The van der Waals surface area contributed by atoms with E-state index in [1.807, 2.05) is 18.2 Å². The summed E-state index contributed by atoms with van der Waals surface area (Å²) in [7, 11) is 0. The highest BCUT2D eigenvalue weighted by molar-refractivity contribution is 5.76. The third-order valence-electron chi connectivity index (χ3n) is 4.82. The lowest BCUT2D eigenvalue weighted by Gasteiger charge is -2.38. The van der Waals surface area contributed by atoms with Crippen molar-refractivity contribution in [2.75, 3.05) is 26.3 Å². The number of hydrogen-bond acceptors (Lipinski definition) is 5. The minimum absolute atomic E-state index is 0.0366. The van der Waals surface area contributed by atoms with Crippen LogP contribution in [0.2, 0.25) is 0 Å². The molecular formula is C19H28N2O4. The number of nitrogens with one attached hydrogen (secondary N) is 2. The Kier molecular flexibility index (Phi) is 6.81. The number of fused-ring (bicyclic) bond motifs is 1. The zero-order valence-corrected chi connectivity index (χ0v) is 14.5. The number of ether oxygens (including phenoxy) is 2. The largest absolute Gasteiger partial charge is 0.389 e. The second-order valence-electron chi connectivity index (χ2n) is 6.87. The fourth-order valence-corrected chi connectivity index (χ4v) is 3.44. The van der Waals surface area contributed by atoms with Gasteiger partial charge in [0.1, 0.15) is 0 Å². The van der Waals surface area contributed by atoms with Gasteiger partial charge in [-0.15, -0.1) is 0 Å². The Balaban J connectivity index is 1.39. The highest BCUT2D eigenvalue weighted by Crippen LogP contribution is 2.23. The lowest BCUT2D eigenvalue weighted by molar-refractivity contribution is -0.137. The molecule has 0 aromatic heterocycles. The SMILES string of the molecule is O=C(C[C@@H]1CC[C@@H]2NC[C@H](O)COC[C@H]2O1)NCCc1ccccc1. The van der Waals surface area contributed by atoms with Crippen LogP contribution in [0.15, 0.2) is 30.3 Å². The molecule has 2 heterocycles. The first-order valence-electron chi connectivity index (χ1n) is 9.16. The lowest BCUT2D eigenvalue weighted by atomic mass is 9.96. The Bertz CT molecular complexity index is 539. The quantitative estimate of drug-likeness (QED) is 0.727. The fraction of sp³-hybridized carbons (Fsp3) is 0.632. The first kappa shape index (κ1) is 18.3. The van der Waals surface area contributed by atoms with E-state index in [0.717, 1.165) is 19.3 Å². The molecule has 1 aromatic rings.